The fourth-order valence-corrected chi connectivity index (χ4v) is 2.26. The van der Waals surface area contributed by atoms with Crippen molar-refractivity contribution >= 4 is 34.4 Å². The van der Waals surface area contributed by atoms with Gasteiger partial charge >= 0.3 is 0 Å². The number of benzene rings is 1. The Morgan fingerprint density at radius 2 is 2.31 bits per heavy atom. The summed E-state index contributed by atoms with van der Waals surface area (Å²) in [5.41, 5.74) is 0.781. The Kier molecular flexibility index (Phi) is 3.98. The van der Waals surface area contributed by atoms with E-state index in [1.807, 2.05) is 24.5 Å². The molecule has 13 heavy (non-hydrogen) atoms. The maximum atomic E-state index is 10.3. The number of halogens is 1. The second-order valence-electron chi connectivity index (χ2n) is 2.45. The normalized spacial score (nSPS) is 10.0. The van der Waals surface area contributed by atoms with Gasteiger partial charge < -0.3 is 0 Å². The number of hydrogen-bond acceptors (Lipinski definition) is 3. The molecular weight excluding hydrogens is 301 g/mol. The second-order valence-corrected chi connectivity index (χ2v) is 4.49. The molecule has 0 bridgehead atoms. The molecule has 5 heteroatoms. The van der Waals surface area contributed by atoms with E-state index in [1.165, 1.54) is 0 Å². The van der Waals surface area contributed by atoms with Crippen LogP contribution in [0.25, 0.3) is 0 Å². The van der Waals surface area contributed by atoms with Gasteiger partial charge in [-0.25, -0.2) is 0 Å². The lowest BCUT2D eigenvalue weighted by atomic mass is 10.2. The highest BCUT2D eigenvalue weighted by Crippen LogP contribution is 2.21. The topological polar surface area (TPSA) is 43.1 Å². The molecular formula is C8H8INO2S. The number of thioether (sulfide) groups is 1. The van der Waals surface area contributed by atoms with Crippen LogP contribution in [0.3, 0.4) is 0 Å². The zero-order valence-electron chi connectivity index (χ0n) is 6.99. The second kappa shape index (κ2) is 4.80. The van der Waals surface area contributed by atoms with Crippen LogP contribution in [0.1, 0.15) is 5.56 Å². The molecule has 0 N–H and O–H groups in total. The van der Waals surface area contributed by atoms with Crippen LogP contribution >= 0.6 is 34.4 Å². The van der Waals surface area contributed by atoms with E-state index >= 15 is 0 Å². The molecule has 0 saturated heterocycles. The fraction of sp³-hybridized carbons (Fsp3) is 0.250. The van der Waals surface area contributed by atoms with Crippen molar-refractivity contribution in [1.29, 1.82) is 0 Å². The van der Waals surface area contributed by atoms with Gasteiger partial charge in [0.05, 0.1) is 0 Å². The maximum Gasteiger partial charge on any atom is 0.229 e. The molecule has 0 unspecified atom stereocenters. The minimum atomic E-state index is -0.309. The third-order valence-electron chi connectivity index (χ3n) is 1.56. The van der Waals surface area contributed by atoms with Gasteiger partial charge in [-0.1, -0.05) is 6.07 Å². The van der Waals surface area contributed by atoms with Gasteiger partial charge in [-0.3, -0.25) is 10.1 Å². The molecule has 0 heterocycles. The van der Waals surface area contributed by atoms with Gasteiger partial charge in [0.1, 0.15) is 0 Å². The highest BCUT2D eigenvalue weighted by atomic mass is 127. The number of rotatable bonds is 3. The maximum absolute atomic E-state index is 10.3. The molecule has 0 fully saturated rings. The Balaban J connectivity index is 2.91. The zero-order chi connectivity index (χ0) is 9.84. The fourth-order valence-electron chi connectivity index (χ4n) is 0.922. The Bertz CT molecular complexity index is 330. The zero-order valence-corrected chi connectivity index (χ0v) is 9.96. The first kappa shape index (κ1) is 10.8. The van der Waals surface area contributed by atoms with Crippen LogP contribution in [0.2, 0.25) is 0 Å². The summed E-state index contributed by atoms with van der Waals surface area (Å²) in [4.78, 5) is 11.1. The van der Waals surface area contributed by atoms with Gasteiger partial charge in [0.25, 0.3) is 0 Å². The molecule has 0 saturated carbocycles. The number of hydrogen-bond donors (Lipinski definition) is 0. The first-order valence-corrected chi connectivity index (χ1v) is 5.88. The van der Waals surface area contributed by atoms with Crippen molar-refractivity contribution in [2.75, 3.05) is 6.26 Å². The van der Waals surface area contributed by atoms with Crippen LogP contribution < -0.4 is 0 Å². The standard InChI is InChI=1S/C8H8INO2S/c1-13-7-3-2-6(5-10(11)12)8(9)4-7/h2-4H,5H2,1H3. The van der Waals surface area contributed by atoms with Gasteiger partial charge in [0.15, 0.2) is 0 Å². The molecule has 0 radical (unpaired) electrons. The summed E-state index contributed by atoms with van der Waals surface area (Å²) in [6.07, 6.45) is 1.98. The predicted molar refractivity (Wildman–Crippen MR) is 61.6 cm³/mol. The average Bonchev–Trinajstić information content (AvgIpc) is 2.08. The van der Waals surface area contributed by atoms with Crippen molar-refractivity contribution < 1.29 is 4.92 Å². The van der Waals surface area contributed by atoms with E-state index in [0.717, 1.165) is 14.0 Å². The molecule has 0 aliphatic heterocycles. The van der Waals surface area contributed by atoms with Crippen molar-refractivity contribution in [3.8, 4) is 0 Å². The lowest BCUT2D eigenvalue weighted by molar-refractivity contribution is -0.497. The first-order chi connectivity index (χ1) is 6.13. The average molecular weight is 309 g/mol. The number of nitro groups is 1. The van der Waals surface area contributed by atoms with E-state index < -0.39 is 0 Å². The van der Waals surface area contributed by atoms with Crippen molar-refractivity contribution in [2.24, 2.45) is 0 Å². The highest BCUT2D eigenvalue weighted by molar-refractivity contribution is 14.1. The summed E-state index contributed by atoms with van der Waals surface area (Å²) in [5, 5.41) is 10.3. The Hall–Kier alpha value is -0.300. The van der Waals surface area contributed by atoms with Crippen molar-refractivity contribution in [3.63, 3.8) is 0 Å². The molecule has 0 spiro atoms. The highest BCUT2D eigenvalue weighted by Gasteiger charge is 2.06. The largest absolute Gasteiger partial charge is 0.264 e. The third-order valence-corrected chi connectivity index (χ3v) is 3.29. The van der Waals surface area contributed by atoms with Gasteiger partial charge in [-0.15, -0.1) is 11.8 Å². The summed E-state index contributed by atoms with van der Waals surface area (Å²) in [5.74, 6) is 0. The summed E-state index contributed by atoms with van der Waals surface area (Å²) in [6, 6.07) is 5.69. The van der Waals surface area contributed by atoms with Crippen LogP contribution in [0.15, 0.2) is 23.1 Å². The molecule has 0 aliphatic carbocycles. The molecule has 0 atom stereocenters. The summed E-state index contributed by atoms with van der Waals surface area (Å²) < 4.78 is 0.959. The van der Waals surface area contributed by atoms with Crippen molar-refractivity contribution in [1.82, 2.24) is 0 Å². The molecule has 1 rings (SSSR count). The van der Waals surface area contributed by atoms with Crippen LogP contribution in [0, 0.1) is 13.7 Å². The molecule has 1 aromatic carbocycles. The van der Waals surface area contributed by atoms with Gasteiger partial charge in [-0.05, 0) is 41.0 Å². The smallest absolute Gasteiger partial charge is 0.229 e. The quantitative estimate of drug-likeness (QED) is 0.373. The summed E-state index contributed by atoms with van der Waals surface area (Å²) in [7, 11) is 0. The molecule has 1 aromatic rings. The minimum absolute atomic E-state index is 0.0903. The molecule has 0 aromatic heterocycles. The molecule has 0 aliphatic rings. The van der Waals surface area contributed by atoms with Crippen LogP contribution in [0.4, 0.5) is 0 Å². The van der Waals surface area contributed by atoms with E-state index in [0.29, 0.717) is 0 Å². The Morgan fingerprint density at radius 3 is 2.77 bits per heavy atom. The number of nitrogens with zero attached hydrogens (tertiary/aromatic N) is 1. The lowest BCUT2D eigenvalue weighted by Gasteiger charge is -2.01. The van der Waals surface area contributed by atoms with Crippen molar-refractivity contribution in [3.05, 3.63) is 37.4 Å². The summed E-state index contributed by atoms with van der Waals surface area (Å²) >= 11 is 3.76. The SMILES string of the molecule is CSc1ccc(C[N+](=O)[O-])c(I)c1. The minimum Gasteiger partial charge on any atom is -0.264 e. The monoisotopic (exact) mass is 309 g/mol. The Morgan fingerprint density at radius 1 is 1.62 bits per heavy atom. The molecule has 3 nitrogen and oxygen atoms in total. The van der Waals surface area contributed by atoms with Crippen LogP contribution in [-0.2, 0) is 6.54 Å². The van der Waals surface area contributed by atoms with Gasteiger partial charge in [0.2, 0.25) is 6.54 Å². The summed E-state index contributed by atoms with van der Waals surface area (Å²) in [6.45, 7) is -0.0903. The van der Waals surface area contributed by atoms with E-state index in [-0.39, 0.29) is 11.5 Å². The van der Waals surface area contributed by atoms with Crippen molar-refractivity contribution in [2.45, 2.75) is 11.4 Å². The third kappa shape index (κ3) is 3.15. The first-order valence-electron chi connectivity index (χ1n) is 3.57. The van der Waals surface area contributed by atoms with Gasteiger partial charge in [-0.2, -0.15) is 0 Å². The van der Waals surface area contributed by atoms with Crippen LogP contribution in [0.5, 0.6) is 0 Å². The van der Waals surface area contributed by atoms with E-state index in [4.69, 9.17) is 0 Å². The molecule has 70 valence electrons. The predicted octanol–water partition coefficient (Wildman–Crippen LogP) is 2.79. The van der Waals surface area contributed by atoms with E-state index in [1.54, 1.807) is 11.8 Å². The lowest BCUT2D eigenvalue weighted by Crippen LogP contribution is -2.00. The van der Waals surface area contributed by atoms with Gasteiger partial charge in [0, 0.05) is 19.0 Å². The van der Waals surface area contributed by atoms with E-state index in [9.17, 15) is 10.1 Å². The van der Waals surface area contributed by atoms with E-state index in [2.05, 4.69) is 22.6 Å². The molecule has 0 amide bonds. The van der Waals surface area contributed by atoms with Crippen LogP contribution in [-0.4, -0.2) is 11.2 Å². The Labute approximate surface area is 94.2 Å².